The molecule has 0 spiro atoms. The first-order chi connectivity index (χ1) is 29.9. The van der Waals surface area contributed by atoms with Crippen LogP contribution in [0, 0.1) is 41.5 Å². The molecule has 304 valence electrons. The van der Waals surface area contributed by atoms with Crippen LogP contribution in [-0.4, -0.2) is 49.0 Å². The Balaban J connectivity index is 1.38. The molecule has 8 nitrogen and oxygen atoms in total. The van der Waals surface area contributed by atoms with Crippen LogP contribution in [0.3, 0.4) is 0 Å². The Bertz CT molecular complexity index is 2820. The Morgan fingerprint density at radius 3 is 0.952 bits per heavy atom. The van der Waals surface area contributed by atoms with E-state index in [1.807, 2.05) is 48.6 Å². The predicted molar refractivity (Wildman–Crippen MR) is 251 cm³/mol. The molecule has 0 radical (unpaired) electrons. The van der Waals surface area contributed by atoms with Crippen molar-refractivity contribution in [1.82, 2.24) is 0 Å². The third-order valence-electron chi connectivity index (χ3n) is 11.7. The van der Waals surface area contributed by atoms with Crippen LogP contribution < -0.4 is 0 Å². The second kappa shape index (κ2) is 15.8. The fourth-order valence-electron chi connectivity index (χ4n) is 9.12. The molecule has 5 aliphatic heterocycles. The number of carbonyl (C=O) groups excluding carboxylic acids is 2. The van der Waals surface area contributed by atoms with Gasteiger partial charge in [0.05, 0.1) is 71.0 Å². The van der Waals surface area contributed by atoms with Gasteiger partial charge in [-0.05, 0) is 159 Å². The number of carbonyl (C=O) groups is 2. The van der Waals surface area contributed by atoms with Gasteiger partial charge >= 0.3 is 11.9 Å². The number of hydrogen-bond acceptors (Lipinski definition) is 8. The molecular formula is C54H44N4O4. The largest absolute Gasteiger partial charge is 0.465 e. The molecule has 0 atom stereocenters. The first kappa shape index (κ1) is 39.9. The maximum Gasteiger partial charge on any atom is 0.337 e. The molecule has 5 aliphatic rings. The van der Waals surface area contributed by atoms with Gasteiger partial charge in [-0.1, -0.05) is 59.7 Å². The van der Waals surface area contributed by atoms with Gasteiger partial charge in [0, 0.05) is 22.3 Å². The molecule has 4 aromatic rings. The Kier molecular flexibility index (Phi) is 10.2. The number of benzene rings is 4. The quantitative estimate of drug-likeness (QED) is 0.181. The van der Waals surface area contributed by atoms with E-state index < -0.39 is 11.9 Å². The molecule has 8 heteroatoms. The van der Waals surface area contributed by atoms with Gasteiger partial charge in [0.15, 0.2) is 0 Å². The normalized spacial score (nSPS) is 16.4. The van der Waals surface area contributed by atoms with Gasteiger partial charge in [0.2, 0.25) is 0 Å². The standard InChI is InChI=1S/C54H44N4O4/c1-29-25-31(3)47(32(4)26-29)51-43-21-17-39(55-43)49(35-9-13-37(14-10-35)53(59)61-7)41-19-23-45(57-41)52(48-33(5)27-30(2)28-34(48)6)46-24-20-42(58-46)50(40-18-22-44(51)56-40)36-11-15-38(16-12-36)54(60)62-8/h9-28H,1-8H3. The first-order valence-corrected chi connectivity index (χ1v) is 20.5. The highest BCUT2D eigenvalue weighted by molar-refractivity contribution is 6.40. The van der Waals surface area contributed by atoms with Gasteiger partial charge < -0.3 is 9.47 Å². The van der Waals surface area contributed by atoms with Crippen LogP contribution in [0.25, 0.3) is 22.3 Å². The molecule has 0 N–H and O–H groups in total. The number of aliphatic imine (C=N–C) groups is 4. The van der Waals surface area contributed by atoms with Crippen LogP contribution in [0.2, 0.25) is 0 Å². The summed E-state index contributed by atoms with van der Waals surface area (Å²) in [6.07, 6.45) is 16.4. The number of nitrogens with zero attached hydrogens (tertiary/aromatic N) is 4. The smallest absolute Gasteiger partial charge is 0.337 e. The van der Waals surface area contributed by atoms with Crippen molar-refractivity contribution in [1.29, 1.82) is 0 Å². The van der Waals surface area contributed by atoms with E-state index >= 15 is 0 Å². The lowest BCUT2D eigenvalue weighted by Crippen LogP contribution is -2.07. The van der Waals surface area contributed by atoms with Gasteiger partial charge in [0.1, 0.15) is 0 Å². The third-order valence-corrected chi connectivity index (χ3v) is 11.7. The van der Waals surface area contributed by atoms with Gasteiger partial charge in [-0.25, -0.2) is 29.6 Å². The predicted octanol–water partition coefficient (Wildman–Crippen LogP) is 11.1. The Morgan fingerprint density at radius 1 is 0.387 bits per heavy atom. The van der Waals surface area contributed by atoms with E-state index in [0.717, 1.165) is 112 Å². The molecule has 0 aliphatic carbocycles. The van der Waals surface area contributed by atoms with E-state index in [4.69, 9.17) is 29.4 Å². The lowest BCUT2D eigenvalue weighted by atomic mass is 9.90. The summed E-state index contributed by atoms with van der Waals surface area (Å²) in [5.41, 5.74) is 20.9. The average molecular weight is 813 g/mol. The van der Waals surface area contributed by atoms with Crippen LogP contribution in [0.1, 0.15) is 76.4 Å². The molecule has 0 saturated heterocycles. The molecule has 62 heavy (non-hydrogen) atoms. The monoisotopic (exact) mass is 812 g/mol. The summed E-state index contributed by atoms with van der Waals surface area (Å²) in [4.78, 5) is 46.7. The first-order valence-electron chi connectivity index (χ1n) is 20.5. The van der Waals surface area contributed by atoms with Gasteiger partial charge in [-0.3, -0.25) is 0 Å². The zero-order valence-corrected chi connectivity index (χ0v) is 36.0. The molecule has 0 saturated carbocycles. The van der Waals surface area contributed by atoms with Crippen molar-refractivity contribution in [3.05, 3.63) is 211 Å². The van der Waals surface area contributed by atoms with Crippen molar-refractivity contribution in [2.75, 3.05) is 14.2 Å². The highest BCUT2D eigenvalue weighted by Crippen LogP contribution is 2.41. The van der Waals surface area contributed by atoms with E-state index in [0.29, 0.717) is 11.1 Å². The van der Waals surface area contributed by atoms with Crippen molar-refractivity contribution < 1.29 is 19.1 Å². The molecule has 0 aromatic heterocycles. The van der Waals surface area contributed by atoms with Crippen LogP contribution in [-0.2, 0) is 9.47 Å². The maximum absolute atomic E-state index is 12.5. The van der Waals surface area contributed by atoms with E-state index in [9.17, 15) is 9.59 Å². The summed E-state index contributed by atoms with van der Waals surface area (Å²) in [7, 11) is 2.76. The van der Waals surface area contributed by atoms with Crippen LogP contribution in [0.5, 0.6) is 0 Å². The summed E-state index contributed by atoms with van der Waals surface area (Å²) >= 11 is 0. The van der Waals surface area contributed by atoms with Crippen molar-refractivity contribution >= 4 is 57.1 Å². The summed E-state index contributed by atoms with van der Waals surface area (Å²) in [6, 6.07) is 23.6. The molecular weight excluding hydrogens is 769 g/mol. The average Bonchev–Trinajstić information content (AvgIpc) is 4.10. The number of methoxy groups -OCH3 is 2. The van der Waals surface area contributed by atoms with E-state index in [-0.39, 0.29) is 0 Å². The minimum atomic E-state index is -0.408. The fourth-order valence-corrected chi connectivity index (χ4v) is 9.12. The summed E-state index contributed by atoms with van der Waals surface area (Å²) in [5.74, 6) is -0.815. The second-order valence-corrected chi connectivity index (χ2v) is 16.0. The Morgan fingerprint density at radius 2 is 0.661 bits per heavy atom. The van der Waals surface area contributed by atoms with E-state index in [1.165, 1.54) is 25.3 Å². The van der Waals surface area contributed by atoms with Crippen molar-refractivity contribution in [2.24, 2.45) is 20.0 Å². The van der Waals surface area contributed by atoms with Crippen LogP contribution in [0.4, 0.5) is 0 Å². The SMILES string of the molecule is COC(=O)c1ccc(C2=C3C=CC(=N3)C(c3c(C)cc(C)cc3C)=C3C=CC(=N3)C(c3ccc(C(=O)OC)cc3)=C3C=CC(=N3)C(c3c(C)cc(C)cc3C)=C3C=CC2=N3)cc1. The Labute approximate surface area is 361 Å². The van der Waals surface area contributed by atoms with E-state index in [1.54, 1.807) is 24.3 Å². The topological polar surface area (TPSA) is 102 Å². The Hall–Kier alpha value is -7.58. The second-order valence-electron chi connectivity index (χ2n) is 16.0. The number of aryl methyl sites for hydroxylation is 6. The molecule has 0 fully saturated rings. The molecule has 4 aromatic carbocycles. The summed E-state index contributed by atoms with van der Waals surface area (Å²) in [6.45, 7) is 12.7. The zero-order chi connectivity index (χ0) is 43.4. The molecule has 9 rings (SSSR count). The number of ether oxygens (including phenoxy) is 2. The number of rotatable bonds is 6. The lowest BCUT2D eigenvalue weighted by molar-refractivity contribution is 0.0592. The van der Waals surface area contributed by atoms with E-state index in [2.05, 4.69) is 90.1 Å². The maximum atomic E-state index is 12.5. The van der Waals surface area contributed by atoms with Crippen LogP contribution >= 0.6 is 0 Å². The number of esters is 2. The number of hydrogen-bond donors (Lipinski definition) is 0. The molecule has 0 unspecified atom stereocenters. The minimum Gasteiger partial charge on any atom is -0.465 e. The summed E-state index contributed by atoms with van der Waals surface area (Å²) < 4.78 is 10.1. The fraction of sp³-hybridized carbons (Fsp3) is 0.148. The summed E-state index contributed by atoms with van der Waals surface area (Å²) in [5, 5.41) is 0. The van der Waals surface area contributed by atoms with Crippen molar-refractivity contribution in [3.8, 4) is 0 Å². The van der Waals surface area contributed by atoms with Crippen molar-refractivity contribution in [3.63, 3.8) is 0 Å². The third kappa shape index (κ3) is 7.03. The number of fused-ring (bicyclic) bond motifs is 4. The van der Waals surface area contributed by atoms with Gasteiger partial charge in [0.25, 0.3) is 0 Å². The van der Waals surface area contributed by atoms with Crippen molar-refractivity contribution in [2.45, 2.75) is 41.5 Å². The van der Waals surface area contributed by atoms with Gasteiger partial charge in [-0.15, -0.1) is 0 Å². The molecule has 0 amide bonds. The molecule has 8 bridgehead atoms. The highest BCUT2D eigenvalue weighted by Gasteiger charge is 2.29. The van der Waals surface area contributed by atoms with Gasteiger partial charge in [-0.2, -0.15) is 0 Å². The zero-order valence-electron chi connectivity index (χ0n) is 36.0. The molecule has 5 heterocycles. The number of allylic oxidation sites excluding steroid dienone is 12. The highest BCUT2D eigenvalue weighted by atomic mass is 16.5. The minimum absolute atomic E-state index is 0.408. The van der Waals surface area contributed by atoms with Crippen LogP contribution in [0.15, 0.2) is 164 Å². The lowest BCUT2D eigenvalue weighted by Gasteiger charge is -2.17.